The number of amides is 1. The molecule has 2 bridgehead atoms. The lowest BCUT2D eigenvalue weighted by atomic mass is 9.99. The normalized spacial score (nSPS) is 36.7. The highest BCUT2D eigenvalue weighted by molar-refractivity contribution is 5.78. The van der Waals surface area contributed by atoms with Crippen molar-refractivity contribution < 1.29 is 14.7 Å². The maximum Gasteiger partial charge on any atom is 0.308 e. The van der Waals surface area contributed by atoms with Gasteiger partial charge >= 0.3 is 5.97 Å². The average Bonchev–Trinajstić information content (AvgIpc) is 2.58. The molecule has 0 aromatic rings. The van der Waals surface area contributed by atoms with Crippen LogP contribution in [0.15, 0.2) is 0 Å². The fourth-order valence-electron chi connectivity index (χ4n) is 2.73. The quantitative estimate of drug-likeness (QED) is 0.637. The average molecular weight is 183 g/mol. The Morgan fingerprint density at radius 1 is 1.38 bits per heavy atom. The van der Waals surface area contributed by atoms with Gasteiger partial charge in [-0.1, -0.05) is 0 Å². The molecule has 2 rings (SSSR count). The van der Waals surface area contributed by atoms with Gasteiger partial charge in [-0.15, -0.1) is 0 Å². The van der Waals surface area contributed by atoms with Gasteiger partial charge in [0, 0.05) is 19.5 Å². The lowest BCUT2D eigenvalue weighted by Gasteiger charge is -2.25. The molecule has 72 valence electrons. The van der Waals surface area contributed by atoms with Crippen LogP contribution in [0.4, 0.5) is 0 Å². The number of likely N-dealkylation sites (tertiary alicyclic amines) is 1. The number of nitrogens with zero attached hydrogens (tertiary/aromatic N) is 1. The summed E-state index contributed by atoms with van der Waals surface area (Å²) in [5.74, 6) is -0.829. The first-order valence-corrected chi connectivity index (χ1v) is 4.61. The molecule has 1 N–H and O–H groups in total. The molecular formula is C9H13NO3. The second-order valence-electron chi connectivity index (χ2n) is 3.94. The summed E-state index contributed by atoms with van der Waals surface area (Å²) in [5, 5.41) is 8.96. The molecule has 0 unspecified atom stereocenters. The van der Waals surface area contributed by atoms with Gasteiger partial charge in [-0.3, -0.25) is 9.59 Å². The molecule has 1 heterocycles. The van der Waals surface area contributed by atoms with Crippen LogP contribution in [-0.2, 0) is 9.59 Å². The molecule has 1 aliphatic heterocycles. The summed E-state index contributed by atoms with van der Waals surface area (Å²) >= 11 is 0. The van der Waals surface area contributed by atoms with E-state index >= 15 is 0 Å². The Hall–Kier alpha value is -1.06. The van der Waals surface area contributed by atoms with Crippen molar-refractivity contribution in [3.8, 4) is 0 Å². The Kier molecular flexibility index (Phi) is 1.78. The van der Waals surface area contributed by atoms with Crippen molar-refractivity contribution in [3.05, 3.63) is 0 Å². The predicted octanol–water partition coefficient (Wildman–Crippen LogP) is 0.328. The van der Waals surface area contributed by atoms with E-state index in [1.807, 2.05) is 0 Å². The molecule has 4 nitrogen and oxygen atoms in total. The Balaban J connectivity index is 2.19. The summed E-state index contributed by atoms with van der Waals surface area (Å²) in [6.45, 7) is 2.16. The fourth-order valence-corrected chi connectivity index (χ4v) is 2.73. The number of carbonyl (C=O) groups is 2. The standard InChI is InChI=1S/C9H13NO3/c1-5(11)10-4-6-2-3-7(10)8(6)9(12)13/h6-8H,2-4H2,1H3,(H,12,13)/t6-,7-,8-/m0/s1. The summed E-state index contributed by atoms with van der Waals surface area (Å²) in [6.07, 6.45) is 1.83. The first kappa shape index (κ1) is 8.53. The van der Waals surface area contributed by atoms with E-state index < -0.39 is 5.97 Å². The second kappa shape index (κ2) is 2.72. The highest BCUT2D eigenvalue weighted by Gasteiger charge is 2.51. The van der Waals surface area contributed by atoms with E-state index in [1.165, 1.54) is 6.92 Å². The highest BCUT2D eigenvalue weighted by Crippen LogP contribution is 2.42. The second-order valence-corrected chi connectivity index (χ2v) is 3.94. The van der Waals surface area contributed by atoms with E-state index in [0.29, 0.717) is 6.54 Å². The smallest absolute Gasteiger partial charge is 0.308 e. The van der Waals surface area contributed by atoms with Gasteiger partial charge in [0.1, 0.15) is 0 Å². The maximum atomic E-state index is 11.1. The fraction of sp³-hybridized carbons (Fsp3) is 0.778. The number of fused-ring (bicyclic) bond motifs is 2. The minimum atomic E-state index is -0.740. The summed E-state index contributed by atoms with van der Waals surface area (Å²) in [7, 11) is 0. The minimum Gasteiger partial charge on any atom is -0.481 e. The van der Waals surface area contributed by atoms with Crippen LogP contribution in [0.25, 0.3) is 0 Å². The van der Waals surface area contributed by atoms with E-state index in [1.54, 1.807) is 4.90 Å². The zero-order valence-electron chi connectivity index (χ0n) is 7.56. The van der Waals surface area contributed by atoms with Gasteiger partial charge in [-0.25, -0.2) is 0 Å². The SMILES string of the molecule is CC(=O)N1C[C@@H]2CC[C@H]1[C@H]2C(=O)O. The third-order valence-electron chi connectivity index (χ3n) is 3.28. The number of rotatable bonds is 1. The zero-order chi connectivity index (χ0) is 9.59. The van der Waals surface area contributed by atoms with E-state index in [2.05, 4.69) is 0 Å². The lowest BCUT2D eigenvalue weighted by molar-refractivity contribution is -0.143. The van der Waals surface area contributed by atoms with Crippen LogP contribution < -0.4 is 0 Å². The molecular weight excluding hydrogens is 170 g/mol. The highest BCUT2D eigenvalue weighted by atomic mass is 16.4. The van der Waals surface area contributed by atoms with E-state index in [0.717, 1.165) is 12.8 Å². The Bertz CT molecular complexity index is 264. The number of carboxylic acids is 1. The predicted molar refractivity (Wildman–Crippen MR) is 45.0 cm³/mol. The molecule has 0 spiro atoms. The van der Waals surface area contributed by atoms with Crippen molar-refractivity contribution in [3.63, 3.8) is 0 Å². The van der Waals surface area contributed by atoms with Crippen LogP contribution in [0, 0.1) is 11.8 Å². The third kappa shape index (κ3) is 1.12. The first-order chi connectivity index (χ1) is 6.11. The molecule has 1 saturated heterocycles. The van der Waals surface area contributed by atoms with Crippen LogP contribution in [0.2, 0.25) is 0 Å². The van der Waals surface area contributed by atoms with Crippen molar-refractivity contribution in [2.24, 2.45) is 11.8 Å². The first-order valence-electron chi connectivity index (χ1n) is 4.61. The Labute approximate surface area is 76.5 Å². The molecule has 0 aromatic heterocycles. The number of hydrogen-bond donors (Lipinski definition) is 1. The summed E-state index contributed by atoms with van der Waals surface area (Å²) in [6, 6.07) is -0.0278. The van der Waals surface area contributed by atoms with Crippen molar-refractivity contribution in [1.29, 1.82) is 0 Å². The third-order valence-corrected chi connectivity index (χ3v) is 3.28. The van der Waals surface area contributed by atoms with Crippen LogP contribution >= 0.6 is 0 Å². The molecule has 3 atom stereocenters. The topological polar surface area (TPSA) is 57.6 Å². The number of aliphatic carboxylic acids is 1. The van der Waals surface area contributed by atoms with E-state index in [-0.39, 0.29) is 23.8 Å². The molecule has 0 aromatic carbocycles. The molecule has 4 heteroatoms. The summed E-state index contributed by atoms with van der Waals surface area (Å²) < 4.78 is 0. The summed E-state index contributed by atoms with van der Waals surface area (Å²) in [5.41, 5.74) is 0. The molecule has 1 amide bonds. The van der Waals surface area contributed by atoms with Gasteiger partial charge in [0.15, 0.2) is 0 Å². The van der Waals surface area contributed by atoms with Gasteiger partial charge in [-0.2, -0.15) is 0 Å². The van der Waals surface area contributed by atoms with Gasteiger partial charge in [0.25, 0.3) is 0 Å². The van der Waals surface area contributed by atoms with Crippen molar-refractivity contribution in [1.82, 2.24) is 4.90 Å². The molecule has 13 heavy (non-hydrogen) atoms. The Morgan fingerprint density at radius 3 is 2.46 bits per heavy atom. The number of carboxylic acid groups (broad SMARTS) is 1. The van der Waals surface area contributed by atoms with E-state index in [4.69, 9.17) is 5.11 Å². The lowest BCUT2D eigenvalue weighted by Crippen LogP contribution is -2.38. The van der Waals surface area contributed by atoms with Gasteiger partial charge < -0.3 is 10.0 Å². The molecule has 2 fully saturated rings. The van der Waals surface area contributed by atoms with Gasteiger partial charge in [0.05, 0.1) is 5.92 Å². The molecule has 2 aliphatic rings. The van der Waals surface area contributed by atoms with Crippen LogP contribution in [0.3, 0.4) is 0 Å². The maximum absolute atomic E-state index is 11.1. The minimum absolute atomic E-state index is 0.0125. The summed E-state index contributed by atoms with van der Waals surface area (Å²) in [4.78, 5) is 23.7. The van der Waals surface area contributed by atoms with Crippen LogP contribution in [0.5, 0.6) is 0 Å². The monoisotopic (exact) mass is 183 g/mol. The van der Waals surface area contributed by atoms with Gasteiger partial charge in [0.2, 0.25) is 5.91 Å². The Morgan fingerprint density at radius 2 is 2.08 bits per heavy atom. The van der Waals surface area contributed by atoms with Crippen LogP contribution in [-0.4, -0.2) is 34.5 Å². The number of hydrogen-bond acceptors (Lipinski definition) is 2. The zero-order valence-corrected chi connectivity index (χ0v) is 7.56. The van der Waals surface area contributed by atoms with E-state index in [9.17, 15) is 9.59 Å². The molecule has 1 aliphatic carbocycles. The number of piperidine rings is 1. The largest absolute Gasteiger partial charge is 0.481 e. The van der Waals surface area contributed by atoms with Crippen molar-refractivity contribution >= 4 is 11.9 Å². The van der Waals surface area contributed by atoms with Crippen molar-refractivity contribution in [2.75, 3.05) is 6.54 Å². The van der Waals surface area contributed by atoms with Crippen molar-refractivity contribution in [2.45, 2.75) is 25.8 Å². The number of carbonyl (C=O) groups excluding carboxylic acids is 1. The van der Waals surface area contributed by atoms with Gasteiger partial charge in [-0.05, 0) is 18.8 Å². The molecule has 0 radical (unpaired) electrons. The van der Waals surface area contributed by atoms with Crippen LogP contribution in [0.1, 0.15) is 19.8 Å². The molecule has 1 saturated carbocycles.